The highest BCUT2D eigenvalue weighted by Gasteiger charge is 2.61. The highest BCUT2D eigenvalue weighted by atomic mass is 16.3. The van der Waals surface area contributed by atoms with Crippen LogP contribution in [-0.2, 0) is 4.79 Å². The first kappa shape index (κ1) is 21.4. The quantitative estimate of drug-likeness (QED) is 0.714. The van der Waals surface area contributed by atoms with Gasteiger partial charge in [0.25, 0.3) is 0 Å². The van der Waals surface area contributed by atoms with Crippen molar-refractivity contribution in [2.24, 2.45) is 34.5 Å². The number of aliphatic hydroxyl groups is 1. The first-order valence-electron chi connectivity index (χ1n) is 12.9. The van der Waals surface area contributed by atoms with Gasteiger partial charge in [0.05, 0.1) is 5.60 Å². The summed E-state index contributed by atoms with van der Waals surface area (Å²) >= 11 is 0. The van der Waals surface area contributed by atoms with E-state index in [9.17, 15) is 9.90 Å². The minimum Gasteiger partial charge on any atom is -0.389 e. The monoisotopic (exact) mass is 416 g/mol. The van der Waals surface area contributed by atoms with Crippen LogP contribution in [0.5, 0.6) is 0 Å². The molecule has 0 spiro atoms. The number of hydrogen-bond donors (Lipinski definition) is 2. The van der Waals surface area contributed by atoms with E-state index < -0.39 is 5.60 Å². The molecule has 4 heteroatoms. The van der Waals surface area contributed by atoms with Gasteiger partial charge in [-0.05, 0) is 94.3 Å². The molecule has 0 bridgehead atoms. The van der Waals surface area contributed by atoms with Crippen molar-refractivity contribution in [2.75, 3.05) is 19.6 Å². The Morgan fingerprint density at radius 2 is 1.87 bits per heavy atom. The van der Waals surface area contributed by atoms with Gasteiger partial charge in [-0.3, -0.25) is 9.69 Å². The van der Waals surface area contributed by atoms with Crippen LogP contribution in [0.15, 0.2) is 0 Å². The Morgan fingerprint density at radius 1 is 1.07 bits per heavy atom. The van der Waals surface area contributed by atoms with Crippen molar-refractivity contribution in [3.63, 3.8) is 0 Å². The molecule has 9 atom stereocenters. The lowest BCUT2D eigenvalue weighted by Gasteiger charge is -2.61. The SMILES string of the molecule is CC1CN(C[C@@]2(O)CC[C@@]3(C)[C@@H](CC[C@@H]4[C@@H]3CC[C@]3(C)C(=O)CC[C@@H]43)C2)C(C)CN1. The highest BCUT2D eigenvalue weighted by Crippen LogP contribution is 2.66. The summed E-state index contributed by atoms with van der Waals surface area (Å²) in [6.07, 6.45) is 9.97. The van der Waals surface area contributed by atoms with E-state index in [1.165, 1.54) is 25.7 Å². The van der Waals surface area contributed by atoms with E-state index in [1.807, 2.05) is 0 Å². The Labute approximate surface area is 183 Å². The molecule has 4 saturated carbocycles. The van der Waals surface area contributed by atoms with Crippen LogP contribution in [0.2, 0.25) is 0 Å². The lowest BCUT2D eigenvalue weighted by Crippen LogP contribution is -2.61. The van der Waals surface area contributed by atoms with E-state index in [0.29, 0.717) is 35.1 Å². The summed E-state index contributed by atoms with van der Waals surface area (Å²) in [4.78, 5) is 15.2. The second-order valence-corrected chi connectivity index (χ2v) is 12.6. The molecule has 0 amide bonds. The van der Waals surface area contributed by atoms with Crippen molar-refractivity contribution in [3.05, 3.63) is 0 Å². The van der Waals surface area contributed by atoms with Gasteiger partial charge >= 0.3 is 0 Å². The van der Waals surface area contributed by atoms with Gasteiger partial charge in [-0.1, -0.05) is 13.8 Å². The molecule has 4 aliphatic carbocycles. The number of hydrogen-bond acceptors (Lipinski definition) is 4. The molecule has 4 nitrogen and oxygen atoms in total. The molecule has 0 aromatic carbocycles. The summed E-state index contributed by atoms with van der Waals surface area (Å²) in [5, 5.41) is 15.3. The van der Waals surface area contributed by atoms with Crippen LogP contribution >= 0.6 is 0 Å². The van der Waals surface area contributed by atoms with Gasteiger partial charge in [0.15, 0.2) is 0 Å². The number of piperazine rings is 1. The van der Waals surface area contributed by atoms with E-state index in [0.717, 1.165) is 63.6 Å². The van der Waals surface area contributed by atoms with Gasteiger partial charge < -0.3 is 10.4 Å². The minimum atomic E-state index is -0.519. The molecule has 2 unspecified atom stereocenters. The molecule has 5 aliphatic rings. The molecular formula is C26H44N2O2. The topological polar surface area (TPSA) is 52.6 Å². The normalized spacial score (nSPS) is 54.4. The Kier molecular flexibility index (Phi) is 5.19. The van der Waals surface area contributed by atoms with E-state index in [1.54, 1.807) is 0 Å². The van der Waals surface area contributed by atoms with Gasteiger partial charge in [-0.2, -0.15) is 0 Å². The van der Waals surface area contributed by atoms with Crippen LogP contribution < -0.4 is 5.32 Å². The first-order valence-corrected chi connectivity index (χ1v) is 12.9. The molecule has 0 aromatic heterocycles. The van der Waals surface area contributed by atoms with Crippen LogP contribution in [0.4, 0.5) is 0 Å². The van der Waals surface area contributed by atoms with Crippen LogP contribution in [0.3, 0.4) is 0 Å². The lowest BCUT2D eigenvalue weighted by molar-refractivity contribution is -0.158. The average Bonchev–Trinajstić information content (AvgIpc) is 3.00. The van der Waals surface area contributed by atoms with E-state index in [4.69, 9.17) is 0 Å². The smallest absolute Gasteiger partial charge is 0.139 e. The maximum Gasteiger partial charge on any atom is 0.139 e. The number of carbonyl (C=O) groups is 1. The molecule has 1 aliphatic heterocycles. The van der Waals surface area contributed by atoms with E-state index in [2.05, 4.69) is 37.9 Å². The van der Waals surface area contributed by atoms with Crippen molar-refractivity contribution in [2.45, 2.75) is 103 Å². The number of β-amino-alcohol motifs (C(OH)–C–C–N with tert-alkyl or cyclic N) is 1. The first-order chi connectivity index (χ1) is 14.1. The zero-order valence-corrected chi connectivity index (χ0v) is 19.8. The van der Waals surface area contributed by atoms with Gasteiger partial charge in [-0.25, -0.2) is 0 Å². The van der Waals surface area contributed by atoms with Crippen LogP contribution in [-0.4, -0.2) is 53.1 Å². The predicted octanol–water partition coefficient (Wildman–Crippen LogP) is 4.01. The fourth-order valence-corrected chi connectivity index (χ4v) is 8.93. The minimum absolute atomic E-state index is 0.0190. The van der Waals surface area contributed by atoms with Crippen molar-refractivity contribution in [3.8, 4) is 0 Å². The van der Waals surface area contributed by atoms with E-state index in [-0.39, 0.29) is 5.41 Å². The molecule has 2 N–H and O–H groups in total. The van der Waals surface area contributed by atoms with Gasteiger partial charge in [-0.15, -0.1) is 0 Å². The zero-order chi connectivity index (χ0) is 21.3. The number of rotatable bonds is 2. The predicted molar refractivity (Wildman–Crippen MR) is 120 cm³/mol. The van der Waals surface area contributed by atoms with Crippen molar-refractivity contribution in [1.82, 2.24) is 10.2 Å². The molecule has 30 heavy (non-hydrogen) atoms. The Bertz CT molecular complexity index is 697. The molecule has 0 aromatic rings. The maximum atomic E-state index is 12.6. The van der Waals surface area contributed by atoms with Gasteiger partial charge in [0, 0.05) is 43.6 Å². The number of nitrogens with one attached hydrogen (secondary N) is 1. The number of fused-ring (bicyclic) bond motifs is 5. The summed E-state index contributed by atoms with van der Waals surface area (Å²) < 4.78 is 0. The number of carbonyl (C=O) groups excluding carboxylic acids is 1. The number of ketones is 1. The summed E-state index contributed by atoms with van der Waals surface area (Å²) in [6, 6.07) is 1.02. The molecule has 170 valence electrons. The second-order valence-electron chi connectivity index (χ2n) is 12.6. The third-order valence-corrected chi connectivity index (χ3v) is 10.9. The second kappa shape index (κ2) is 7.28. The highest BCUT2D eigenvalue weighted by molar-refractivity contribution is 5.87. The van der Waals surface area contributed by atoms with Crippen molar-refractivity contribution < 1.29 is 9.90 Å². The Hall–Kier alpha value is -0.450. The molecule has 5 rings (SSSR count). The lowest BCUT2D eigenvalue weighted by atomic mass is 9.44. The van der Waals surface area contributed by atoms with Crippen LogP contribution in [0.1, 0.15) is 85.5 Å². The van der Waals surface area contributed by atoms with Crippen molar-refractivity contribution >= 4 is 5.78 Å². The molecular weight excluding hydrogens is 372 g/mol. The van der Waals surface area contributed by atoms with Crippen LogP contribution in [0, 0.1) is 34.5 Å². The summed E-state index contributed by atoms with van der Waals surface area (Å²) in [6.45, 7) is 12.3. The maximum absolute atomic E-state index is 12.6. The molecule has 5 fully saturated rings. The summed E-state index contributed by atoms with van der Waals surface area (Å²) in [5.41, 5.74) is -0.172. The van der Waals surface area contributed by atoms with Crippen LogP contribution in [0.25, 0.3) is 0 Å². The standard InChI is InChI=1S/C26H44N2O2/c1-17-15-28(18(2)14-27-17)16-26(30)12-11-24(3)19(13-26)5-6-20-21-7-8-23(29)25(21,4)10-9-22(20)24/h17-22,27,30H,5-16H2,1-4H3/t17?,18?,19-,20-,21-,22-,24-,25-,26+/m0/s1. The summed E-state index contributed by atoms with van der Waals surface area (Å²) in [5.74, 6) is 3.34. The largest absolute Gasteiger partial charge is 0.389 e. The molecule has 1 heterocycles. The summed E-state index contributed by atoms with van der Waals surface area (Å²) in [7, 11) is 0. The third kappa shape index (κ3) is 3.23. The Morgan fingerprint density at radius 3 is 2.67 bits per heavy atom. The number of Topliss-reactive ketones (excluding diaryl/α,β-unsaturated/α-hetero) is 1. The average molecular weight is 417 g/mol. The zero-order valence-electron chi connectivity index (χ0n) is 19.8. The van der Waals surface area contributed by atoms with Gasteiger partial charge in [0.1, 0.15) is 5.78 Å². The fraction of sp³-hybridized carbons (Fsp3) is 0.962. The third-order valence-electron chi connectivity index (χ3n) is 10.9. The van der Waals surface area contributed by atoms with E-state index >= 15 is 0 Å². The van der Waals surface area contributed by atoms with Gasteiger partial charge in [0.2, 0.25) is 0 Å². The molecule has 0 radical (unpaired) electrons. The Balaban J connectivity index is 1.31. The molecule has 1 saturated heterocycles. The van der Waals surface area contributed by atoms with Crippen molar-refractivity contribution in [1.29, 1.82) is 0 Å². The fourth-order valence-electron chi connectivity index (χ4n) is 8.93. The number of nitrogens with zero attached hydrogens (tertiary/aromatic N) is 1.